The summed E-state index contributed by atoms with van der Waals surface area (Å²) in [5.41, 5.74) is 1.24. The molecule has 0 saturated carbocycles. The molecule has 0 aliphatic heterocycles. The number of carbonyl (C=O) groups is 2. The second kappa shape index (κ2) is 8.51. The molecule has 1 aromatic carbocycles. The van der Waals surface area contributed by atoms with Gasteiger partial charge in [-0.1, -0.05) is 44.2 Å². The van der Waals surface area contributed by atoms with Crippen molar-refractivity contribution in [3.05, 3.63) is 35.9 Å². The third-order valence-corrected chi connectivity index (χ3v) is 3.25. The summed E-state index contributed by atoms with van der Waals surface area (Å²) >= 11 is 0. The van der Waals surface area contributed by atoms with Gasteiger partial charge in [0.15, 0.2) is 5.78 Å². The van der Waals surface area contributed by atoms with E-state index >= 15 is 0 Å². The zero-order valence-electron chi connectivity index (χ0n) is 12.7. The monoisotopic (exact) mass is 275 g/mol. The molecular weight excluding hydrogens is 250 g/mol. The second-order valence-corrected chi connectivity index (χ2v) is 5.70. The number of ketones is 1. The predicted octanol–water partition coefficient (Wildman–Crippen LogP) is 3.13. The predicted molar refractivity (Wildman–Crippen MR) is 81.4 cm³/mol. The van der Waals surface area contributed by atoms with Crippen LogP contribution in [0.5, 0.6) is 0 Å². The van der Waals surface area contributed by atoms with Crippen molar-refractivity contribution in [2.24, 2.45) is 5.92 Å². The van der Waals surface area contributed by atoms with Crippen molar-refractivity contribution >= 4 is 11.7 Å². The number of hydrogen-bond donors (Lipinski definition) is 1. The Morgan fingerprint density at radius 3 is 2.35 bits per heavy atom. The summed E-state index contributed by atoms with van der Waals surface area (Å²) in [5.74, 6) is 0.408. The molecule has 1 unspecified atom stereocenters. The van der Waals surface area contributed by atoms with E-state index in [0.29, 0.717) is 18.8 Å². The van der Waals surface area contributed by atoms with Crippen LogP contribution >= 0.6 is 0 Å². The maximum Gasteiger partial charge on any atom is 0.220 e. The number of hydrogen-bond acceptors (Lipinski definition) is 2. The third-order valence-electron chi connectivity index (χ3n) is 3.25. The highest BCUT2D eigenvalue weighted by Crippen LogP contribution is 2.08. The normalized spacial score (nSPS) is 12.2. The van der Waals surface area contributed by atoms with Gasteiger partial charge in [0.1, 0.15) is 0 Å². The minimum atomic E-state index is -0.334. The first-order valence-electron chi connectivity index (χ1n) is 7.32. The lowest BCUT2D eigenvalue weighted by atomic mass is 10.0. The van der Waals surface area contributed by atoms with Gasteiger partial charge in [-0.3, -0.25) is 9.59 Å². The van der Waals surface area contributed by atoms with Crippen molar-refractivity contribution in [3.63, 3.8) is 0 Å². The molecule has 3 nitrogen and oxygen atoms in total. The van der Waals surface area contributed by atoms with Crippen molar-refractivity contribution < 1.29 is 9.59 Å². The molecule has 1 rings (SSSR count). The molecule has 110 valence electrons. The molecule has 0 heterocycles. The fourth-order valence-electron chi connectivity index (χ4n) is 2.16. The Balaban J connectivity index is 2.33. The van der Waals surface area contributed by atoms with E-state index in [1.165, 1.54) is 12.5 Å². The molecule has 20 heavy (non-hydrogen) atoms. The highest BCUT2D eigenvalue weighted by atomic mass is 16.2. The summed E-state index contributed by atoms with van der Waals surface area (Å²) in [7, 11) is 0. The molecule has 0 aliphatic carbocycles. The average molecular weight is 275 g/mol. The minimum absolute atomic E-state index is 0.0261. The number of carbonyl (C=O) groups excluding carboxylic acids is 2. The standard InChI is InChI=1S/C17H25NO2/c1-13(2)12-16(14(3)19)18-17(20)11-7-10-15-8-5-4-6-9-15/h4-6,8-9,13,16H,7,10-12H2,1-3H3,(H,18,20). The Bertz CT molecular complexity index is 426. The number of aryl methyl sites for hydroxylation is 1. The molecule has 0 aromatic heterocycles. The first-order chi connectivity index (χ1) is 9.49. The topological polar surface area (TPSA) is 46.2 Å². The van der Waals surface area contributed by atoms with Crippen LogP contribution in [0, 0.1) is 5.92 Å². The van der Waals surface area contributed by atoms with Gasteiger partial charge in [0.25, 0.3) is 0 Å². The maximum atomic E-state index is 11.9. The van der Waals surface area contributed by atoms with Gasteiger partial charge in [0.05, 0.1) is 6.04 Å². The summed E-state index contributed by atoms with van der Waals surface area (Å²) in [4.78, 5) is 23.4. The van der Waals surface area contributed by atoms with Crippen molar-refractivity contribution in [3.8, 4) is 0 Å². The Labute approximate surface area is 121 Å². The van der Waals surface area contributed by atoms with Gasteiger partial charge in [-0.25, -0.2) is 0 Å². The van der Waals surface area contributed by atoms with Gasteiger partial charge in [0.2, 0.25) is 5.91 Å². The highest BCUT2D eigenvalue weighted by Gasteiger charge is 2.17. The molecule has 0 aliphatic rings. The van der Waals surface area contributed by atoms with Crippen molar-refractivity contribution in [1.82, 2.24) is 5.32 Å². The lowest BCUT2D eigenvalue weighted by Gasteiger charge is -2.17. The van der Waals surface area contributed by atoms with E-state index < -0.39 is 0 Å². The van der Waals surface area contributed by atoms with Crippen LogP contribution < -0.4 is 5.32 Å². The van der Waals surface area contributed by atoms with Gasteiger partial charge in [-0.2, -0.15) is 0 Å². The molecule has 1 aromatic rings. The number of benzene rings is 1. The van der Waals surface area contributed by atoms with Crippen LogP contribution in [-0.2, 0) is 16.0 Å². The average Bonchev–Trinajstić information content (AvgIpc) is 2.38. The molecule has 0 spiro atoms. The van der Waals surface area contributed by atoms with Gasteiger partial charge < -0.3 is 5.32 Å². The SMILES string of the molecule is CC(=O)C(CC(C)C)NC(=O)CCCc1ccccc1. The Morgan fingerprint density at radius 1 is 1.15 bits per heavy atom. The molecule has 1 amide bonds. The lowest BCUT2D eigenvalue weighted by molar-refractivity contribution is -0.127. The van der Waals surface area contributed by atoms with Crippen molar-refractivity contribution in [2.75, 3.05) is 0 Å². The first kappa shape index (κ1) is 16.4. The molecule has 1 atom stereocenters. The third kappa shape index (κ3) is 6.50. The second-order valence-electron chi connectivity index (χ2n) is 5.70. The summed E-state index contributed by atoms with van der Waals surface area (Å²) in [6, 6.07) is 9.79. The van der Waals surface area contributed by atoms with Crippen molar-refractivity contribution in [1.29, 1.82) is 0 Å². The van der Waals surface area contributed by atoms with Crippen LogP contribution in [0.1, 0.15) is 45.6 Å². The molecule has 0 fully saturated rings. The zero-order chi connectivity index (χ0) is 15.0. The van der Waals surface area contributed by atoms with Crippen LogP contribution in [0.15, 0.2) is 30.3 Å². The fourth-order valence-corrected chi connectivity index (χ4v) is 2.16. The van der Waals surface area contributed by atoms with E-state index in [2.05, 4.69) is 31.3 Å². The summed E-state index contributed by atoms with van der Waals surface area (Å²) in [6.45, 7) is 5.65. The van der Waals surface area contributed by atoms with Crippen LogP contribution in [0.2, 0.25) is 0 Å². The van der Waals surface area contributed by atoms with E-state index in [0.717, 1.165) is 12.8 Å². The van der Waals surface area contributed by atoms with E-state index in [1.807, 2.05) is 18.2 Å². The Kier molecular flexibility index (Phi) is 6.99. The highest BCUT2D eigenvalue weighted by molar-refractivity contribution is 5.87. The summed E-state index contributed by atoms with van der Waals surface area (Å²) < 4.78 is 0. The number of nitrogens with one attached hydrogen (secondary N) is 1. The Hall–Kier alpha value is -1.64. The molecule has 1 N–H and O–H groups in total. The number of amides is 1. The molecule has 3 heteroatoms. The number of Topliss-reactive ketones (excluding diaryl/α,β-unsaturated/α-hetero) is 1. The van der Waals surface area contributed by atoms with Crippen LogP contribution in [0.25, 0.3) is 0 Å². The van der Waals surface area contributed by atoms with Gasteiger partial charge in [-0.05, 0) is 37.7 Å². The smallest absolute Gasteiger partial charge is 0.220 e. The number of rotatable bonds is 8. The maximum absolute atomic E-state index is 11.9. The molecule has 0 bridgehead atoms. The molecule has 0 saturated heterocycles. The van der Waals surface area contributed by atoms with E-state index in [9.17, 15) is 9.59 Å². The fraction of sp³-hybridized carbons (Fsp3) is 0.529. The van der Waals surface area contributed by atoms with E-state index in [-0.39, 0.29) is 17.7 Å². The largest absolute Gasteiger partial charge is 0.346 e. The van der Waals surface area contributed by atoms with Gasteiger partial charge in [0, 0.05) is 6.42 Å². The van der Waals surface area contributed by atoms with E-state index in [4.69, 9.17) is 0 Å². The summed E-state index contributed by atoms with van der Waals surface area (Å²) in [6.07, 6.45) is 2.88. The van der Waals surface area contributed by atoms with Crippen molar-refractivity contribution in [2.45, 2.75) is 52.5 Å². The van der Waals surface area contributed by atoms with Gasteiger partial charge >= 0.3 is 0 Å². The lowest BCUT2D eigenvalue weighted by Crippen LogP contribution is -2.40. The van der Waals surface area contributed by atoms with Gasteiger partial charge in [-0.15, -0.1) is 0 Å². The first-order valence-corrected chi connectivity index (χ1v) is 7.32. The summed E-state index contributed by atoms with van der Waals surface area (Å²) in [5, 5.41) is 2.85. The van der Waals surface area contributed by atoms with Crippen LogP contribution in [0.4, 0.5) is 0 Å². The molecular formula is C17H25NO2. The quantitative estimate of drug-likeness (QED) is 0.792. The zero-order valence-corrected chi connectivity index (χ0v) is 12.7. The molecule has 0 radical (unpaired) electrons. The van der Waals surface area contributed by atoms with Crippen LogP contribution in [-0.4, -0.2) is 17.7 Å². The van der Waals surface area contributed by atoms with Crippen LogP contribution in [0.3, 0.4) is 0 Å². The minimum Gasteiger partial charge on any atom is -0.346 e. The Morgan fingerprint density at radius 2 is 1.80 bits per heavy atom. The van der Waals surface area contributed by atoms with E-state index in [1.54, 1.807) is 0 Å².